The van der Waals surface area contributed by atoms with E-state index in [2.05, 4.69) is 42.3 Å². The molecule has 0 unspecified atom stereocenters. The van der Waals surface area contributed by atoms with Crippen LogP contribution >= 0.6 is 24.8 Å². The smallest absolute Gasteiger partial charge is 0.161 e. The SMILES string of the molecule is COc1cc2c(cc1OC)CNCC2.NC(=S)S.[Bi]. The van der Waals surface area contributed by atoms with E-state index < -0.39 is 0 Å². The number of nitrogens with two attached hydrogens (primary N) is 1. The third-order valence-electron chi connectivity index (χ3n) is 2.59. The van der Waals surface area contributed by atoms with Crippen molar-refractivity contribution in [2.75, 3.05) is 20.8 Å². The van der Waals surface area contributed by atoms with Crippen LogP contribution in [0.25, 0.3) is 0 Å². The molecule has 19 heavy (non-hydrogen) atoms. The fourth-order valence-corrected chi connectivity index (χ4v) is 1.81. The monoisotopic (exact) mass is 495 g/mol. The van der Waals surface area contributed by atoms with Crippen LogP contribution in [0.1, 0.15) is 11.1 Å². The van der Waals surface area contributed by atoms with Crippen molar-refractivity contribution >= 4 is 55.4 Å². The van der Waals surface area contributed by atoms with Gasteiger partial charge in [0.25, 0.3) is 0 Å². The van der Waals surface area contributed by atoms with Crippen molar-refractivity contribution in [1.29, 1.82) is 0 Å². The molecule has 0 bridgehead atoms. The van der Waals surface area contributed by atoms with Crippen molar-refractivity contribution < 1.29 is 9.47 Å². The normalized spacial score (nSPS) is 12.2. The van der Waals surface area contributed by atoms with Crippen LogP contribution in [0.3, 0.4) is 0 Å². The summed E-state index contributed by atoms with van der Waals surface area (Å²) in [6.07, 6.45) is 1.07. The number of methoxy groups -OCH3 is 2. The number of benzene rings is 1. The van der Waals surface area contributed by atoms with Gasteiger partial charge in [-0.15, -0.1) is 12.6 Å². The quantitative estimate of drug-likeness (QED) is 0.327. The van der Waals surface area contributed by atoms with Crippen LogP contribution in [0.15, 0.2) is 12.1 Å². The van der Waals surface area contributed by atoms with Crippen LogP contribution in [-0.4, -0.2) is 51.3 Å². The van der Waals surface area contributed by atoms with Crippen molar-refractivity contribution in [3.63, 3.8) is 0 Å². The number of ether oxygens (including phenoxy) is 2. The van der Waals surface area contributed by atoms with Gasteiger partial charge in [0.2, 0.25) is 0 Å². The second kappa shape index (κ2) is 9.75. The molecule has 0 saturated heterocycles. The first-order chi connectivity index (χ1) is 8.58. The molecule has 0 aliphatic carbocycles. The molecule has 0 atom stereocenters. The fraction of sp³-hybridized carbons (Fsp3) is 0.417. The molecule has 0 spiro atoms. The van der Waals surface area contributed by atoms with E-state index in [1.807, 2.05) is 0 Å². The van der Waals surface area contributed by atoms with Crippen LogP contribution in [-0.2, 0) is 13.0 Å². The molecule has 2 rings (SSSR count). The summed E-state index contributed by atoms with van der Waals surface area (Å²) < 4.78 is 10.7. The van der Waals surface area contributed by atoms with E-state index in [0.29, 0.717) is 0 Å². The van der Waals surface area contributed by atoms with Gasteiger partial charge in [-0.05, 0) is 36.2 Å². The van der Waals surface area contributed by atoms with Crippen molar-refractivity contribution in [1.82, 2.24) is 5.32 Å². The Labute approximate surface area is 144 Å². The van der Waals surface area contributed by atoms with Crippen molar-refractivity contribution in [3.8, 4) is 11.5 Å². The topological polar surface area (TPSA) is 56.5 Å². The Bertz CT molecular complexity index is 382. The van der Waals surface area contributed by atoms with E-state index in [0.717, 1.165) is 31.0 Å². The Kier molecular flexibility index (Phi) is 9.70. The zero-order chi connectivity index (χ0) is 13.5. The maximum Gasteiger partial charge on any atom is 0.161 e. The van der Waals surface area contributed by atoms with E-state index >= 15 is 0 Å². The second-order valence-corrected chi connectivity index (χ2v) is 4.97. The van der Waals surface area contributed by atoms with Gasteiger partial charge in [-0.3, -0.25) is 0 Å². The molecule has 1 aromatic rings. The summed E-state index contributed by atoms with van der Waals surface area (Å²) in [6.45, 7) is 1.97. The Balaban J connectivity index is 0.000000576. The number of thiol groups is 1. The molecule has 0 fully saturated rings. The number of fused-ring (bicyclic) bond motifs is 1. The molecule has 1 heterocycles. The van der Waals surface area contributed by atoms with E-state index in [9.17, 15) is 0 Å². The molecule has 3 N–H and O–H groups in total. The van der Waals surface area contributed by atoms with Crippen LogP contribution in [0, 0.1) is 0 Å². The maximum atomic E-state index is 5.26. The molecular formula is C12H18BiN2O2S2. The third-order valence-corrected chi connectivity index (χ3v) is 2.59. The standard InChI is InChI=1S/C11H15NO2.CH3NS2.Bi/c1-13-10-5-8-3-4-12-7-9(8)6-11(10)14-2;2-1(3)4;/h5-6,12H,3-4,7H2,1-2H3;(H3,2,3,4);. The molecule has 0 aromatic heterocycles. The van der Waals surface area contributed by atoms with E-state index in [-0.39, 0.29) is 30.5 Å². The Morgan fingerprint density at radius 2 is 1.74 bits per heavy atom. The number of hydrogen-bond acceptors (Lipinski definition) is 4. The predicted octanol–water partition coefficient (Wildman–Crippen LogP) is 1.13. The van der Waals surface area contributed by atoms with E-state index in [1.165, 1.54) is 11.1 Å². The number of thiocarbonyl (C=S) groups is 1. The molecular weight excluding hydrogens is 477 g/mol. The fourth-order valence-electron chi connectivity index (χ4n) is 1.81. The van der Waals surface area contributed by atoms with E-state index in [4.69, 9.17) is 15.2 Å². The van der Waals surface area contributed by atoms with Crippen LogP contribution < -0.4 is 20.5 Å². The van der Waals surface area contributed by atoms with Crippen molar-refractivity contribution in [2.45, 2.75) is 13.0 Å². The molecule has 0 saturated carbocycles. The molecule has 7 heteroatoms. The zero-order valence-electron chi connectivity index (χ0n) is 11.0. The molecule has 3 radical (unpaired) electrons. The molecule has 1 aliphatic heterocycles. The Hall–Kier alpha value is -0.0969. The minimum absolute atomic E-state index is 0. The number of hydrogen-bond donors (Lipinski definition) is 3. The van der Waals surface area contributed by atoms with Crippen LogP contribution in [0.5, 0.6) is 11.5 Å². The molecule has 1 aromatic carbocycles. The average molecular weight is 495 g/mol. The van der Waals surface area contributed by atoms with Gasteiger partial charge in [-0.25, -0.2) is 0 Å². The third kappa shape index (κ3) is 6.26. The maximum absolute atomic E-state index is 5.26. The molecule has 4 nitrogen and oxygen atoms in total. The Morgan fingerprint density at radius 3 is 2.21 bits per heavy atom. The summed E-state index contributed by atoms with van der Waals surface area (Å²) in [7, 11) is 3.34. The van der Waals surface area contributed by atoms with Crippen LogP contribution in [0.2, 0.25) is 0 Å². The first kappa shape index (κ1) is 18.9. The van der Waals surface area contributed by atoms with Gasteiger partial charge < -0.3 is 20.5 Å². The van der Waals surface area contributed by atoms with Crippen LogP contribution in [0.4, 0.5) is 0 Å². The summed E-state index contributed by atoms with van der Waals surface area (Å²) in [4.78, 5) is 0. The van der Waals surface area contributed by atoms with Gasteiger partial charge in [0.1, 0.15) is 4.32 Å². The van der Waals surface area contributed by atoms with Gasteiger partial charge >= 0.3 is 0 Å². The second-order valence-electron chi connectivity index (χ2n) is 3.74. The van der Waals surface area contributed by atoms with Gasteiger partial charge in [0.15, 0.2) is 11.5 Å². The number of rotatable bonds is 2. The minimum atomic E-state index is 0. The minimum Gasteiger partial charge on any atom is -0.493 e. The average Bonchev–Trinajstić information content (AvgIpc) is 2.36. The van der Waals surface area contributed by atoms with Crippen molar-refractivity contribution in [3.05, 3.63) is 23.3 Å². The summed E-state index contributed by atoms with van der Waals surface area (Å²) in [5.74, 6) is 1.64. The van der Waals surface area contributed by atoms with Gasteiger partial charge in [-0.1, -0.05) is 12.2 Å². The van der Waals surface area contributed by atoms with Gasteiger partial charge in [-0.2, -0.15) is 0 Å². The summed E-state index contributed by atoms with van der Waals surface area (Å²) in [6, 6.07) is 4.13. The van der Waals surface area contributed by atoms with Crippen molar-refractivity contribution in [2.24, 2.45) is 5.73 Å². The zero-order valence-corrected chi connectivity index (χ0v) is 16.2. The predicted molar refractivity (Wildman–Crippen MR) is 86.5 cm³/mol. The van der Waals surface area contributed by atoms with Gasteiger partial charge in [0, 0.05) is 32.7 Å². The Morgan fingerprint density at radius 1 is 1.26 bits per heavy atom. The first-order valence-corrected chi connectivity index (χ1v) is 6.37. The van der Waals surface area contributed by atoms with Gasteiger partial charge in [0.05, 0.1) is 14.2 Å². The molecule has 1 aliphatic rings. The molecule has 105 valence electrons. The van der Waals surface area contributed by atoms with E-state index in [1.54, 1.807) is 14.2 Å². The number of nitrogens with one attached hydrogen (secondary N) is 1. The first-order valence-electron chi connectivity index (χ1n) is 5.51. The summed E-state index contributed by atoms with van der Waals surface area (Å²) in [5.41, 5.74) is 7.38. The summed E-state index contributed by atoms with van der Waals surface area (Å²) >= 11 is 7.65. The largest absolute Gasteiger partial charge is 0.493 e. The molecule has 0 amide bonds. The summed E-state index contributed by atoms with van der Waals surface area (Å²) in [5, 5.41) is 3.33.